The van der Waals surface area contributed by atoms with Crippen molar-refractivity contribution >= 4 is 28.9 Å². The SMILES string of the molecule is CC(C)C(=O)Nc1cccc(NCC(=O)Nc2ccccc2OCc2ccccc2)c1. The van der Waals surface area contributed by atoms with Gasteiger partial charge in [-0.1, -0.05) is 62.4 Å². The summed E-state index contributed by atoms with van der Waals surface area (Å²) in [6.07, 6.45) is 0. The number of benzene rings is 3. The van der Waals surface area contributed by atoms with Crippen LogP contribution >= 0.6 is 0 Å². The Morgan fingerprint density at radius 3 is 2.32 bits per heavy atom. The Balaban J connectivity index is 1.55. The predicted octanol–water partition coefficient (Wildman–Crippen LogP) is 4.91. The lowest BCUT2D eigenvalue weighted by atomic mass is 10.2. The Bertz CT molecular complexity index is 1020. The van der Waals surface area contributed by atoms with Crippen LogP contribution in [0.5, 0.6) is 5.75 Å². The summed E-state index contributed by atoms with van der Waals surface area (Å²) in [7, 11) is 0. The molecule has 0 bridgehead atoms. The summed E-state index contributed by atoms with van der Waals surface area (Å²) in [5.41, 5.74) is 3.09. The first-order valence-electron chi connectivity index (χ1n) is 10.2. The lowest BCUT2D eigenvalue weighted by Crippen LogP contribution is -2.22. The van der Waals surface area contributed by atoms with Crippen molar-refractivity contribution in [2.24, 2.45) is 5.92 Å². The van der Waals surface area contributed by atoms with Crippen molar-refractivity contribution in [3.8, 4) is 5.75 Å². The first-order chi connectivity index (χ1) is 15.0. The quantitative estimate of drug-likeness (QED) is 0.462. The zero-order chi connectivity index (χ0) is 22.1. The highest BCUT2D eigenvalue weighted by Gasteiger charge is 2.09. The van der Waals surface area contributed by atoms with E-state index in [9.17, 15) is 9.59 Å². The third-order valence-electron chi connectivity index (χ3n) is 4.51. The first-order valence-corrected chi connectivity index (χ1v) is 10.2. The van der Waals surface area contributed by atoms with Crippen LogP contribution in [0.2, 0.25) is 0 Å². The van der Waals surface area contributed by atoms with Crippen LogP contribution in [0.3, 0.4) is 0 Å². The minimum Gasteiger partial charge on any atom is -0.487 e. The van der Waals surface area contributed by atoms with Crippen molar-refractivity contribution in [2.75, 3.05) is 22.5 Å². The van der Waals surface area contributed by atoms with Crippen LogP contribution < -0.4 is 20.7 Å². The van der Waals surface area contributed by atoms with Gasteiger partial charge >= 0.3 is 0 Å². The Morgan fingerprint density at radius 1 is 0.839 bits per heavy atom. The molecule has 0 spiro atoms. The number of amides is 2. The van der Waals surface area contributed by atoms with Crippen molar-refractivity contribution in [1.29, 1.82) is 0 Å². The number of para-hydroxylation sites is 2. The average molecular weight is 418 g/mol. The molecular formula is C25H27N3O3. The van der Waals surface area contributed by atoms with Gasteiger partial charge in [0.05, 0.1) is 12.2 Å². The van der Waals surface area contributed by atoms with Crippen molar-refractivity contribution in [3.05, 3.63) is 84.4 Å². The summed E-state index contributed by atoms with van der Waals surface area (Å²) in [5.74, 6) is 0.249. The van der Waals surface area contributed by atoms with Gasteiger partial charge in [-0.15, -0.1) is 0 Å². The molecule has 31 heavy (non-hydrogen) atoms. The number of rotatable bonds is 9. The molecule has 160 valence electrons. The van der Waals surface area contributed by atoms with Gasteiger partial charge in [-0.05, 0) is 35.9 Å². The maximum absolute atomic E-state index is 12.5. The Hall–Kier alpha value is -3.80. The number of ether oxygens (including phenoxy) is 1. The number of carbonyl (C=O) groups excluding carboxylic acids is 2. The van der Waals surface area contributed by atoms with E-state index in [2.05, 4.69) is 16.0 Å². The molecular weight excluding hydrogens is 390 g/mol. The van der Waals surface area contributed by atoms with Crippen LogP contribution in [-0.4, -0.2) is 18.4 Å². The van der Waals surface area contributed by atoms with Gasteiger partial charge in [-0.25, -0.2) is 0 Å². The lowest BCUT2D eigenvalue weighted by molar-refractivity contribution is -0.119. The molecule has 0 unspecified atom stereocenters. The largest absolute Gasteiger partial charge is 0.487 e. The molecule has 0 aliphatic carbocycles. The highest BCUT2D eigenvalue weighted by molar-refractivity contribution is 5.95. The second-order valence-corrected chi connectivity index (χ2v) is 7.40. The molecule has 0 radical (unpaired) electrons. The van der Waals surface area contributed by atoms with Crippen LogP contribution in [0, 0.1) is 5.92 Å². The van der Waals surface area contributed by atoms with Crippen LogP contribution in [0.25, 0.3) is 0 Å². The highest BCUT2D eigenvalue weighted by Crippen LogP contribution is 2.25. The number of anilines is 3. The Labute approximate surface area is 182 Å². The molecule has 0 fully saturated rings. The van der Waals surface area contributed by atoms with Crippen molar-refractivity contribution < 1.29 is 14.3 Å². The van der Waals surface area contributed by atoms with E-state index in [-0.39, 0.29) is 24.3 Å². The number of hydrogen-bond acceptors (Lipinski definition) is 4. The maximum Gasteiger partial charge on any atom is 0.243 e. The molecule has 6 heteroatoms. The summed E-state index contributed by atoms with van der Waals surface area (Å²) < 4.78 is 5.88. The number of nitrogens with one attached hydrogen (secondary N) is 3. The molecule has 0 saturated heterocycles. The molecule has 0 atom stereocenters. The zero-order valence-corrected chi connectivity index (χ0v) is 17.7. The van der Waals surface area contributed by atoms with Gasteiger partial charge < -0.3 is 20.7 Å². The van der Waals surface area contributed by atoms with Gasteiger partial charge in [-0.2, -0.15) is 0 Å². The Morgan fingerprint density at radius 2 is 1.55 bits per heavy atom. The maximum atomic E-state index is 12.5. The van der Waals surface area contributed by atoms with Crippen LogP contribution in [0.1, 0.15) is 19.4 Å². The minimum absolute atomic E-state index is 0.0537. The van der Waals surface area contributed by atoms with E-state index in [4.69, 9.17) is 4.74 Å². The van der Waals surface area contributed by atoms with E-state index < -0.39 is 0 Å². The van der Waals surface area contributed by atoms with E-state index in [1.807, 2.05) is 80.6 Å². The molecule has 3 aromatic carbocycles. The lowest BCUT2D eigenvalue weighted by Gasteiger charge is -2.14. The molecule has 0 saturated carbocycles. The molecule has 2 amide bonds. The van der Waals surface area contributed by atoms with Crippen LogP contribution in [-0.2, 0) is 16.2 Å². The average Bonchev–Trinajstić information content (AvgIpc) is 2.78. The van der Waals surface area contributed by atoms with E-state index >= 15 is 0 Å². The van der Waals surface area contributed by atoms with Gasteiger partial charge in [0.1, 0.15) is 12.4 Å². The fourth-order valence-electron chi connectivity index (χ4n) is 2.80. The fraction of sp³-hybridized carbons (Fsp3) is 0.200. The smallest absolute Gasteiger partial charge is 0.243 e. The molecule has 6 nitrogen and oxygen atoms in total. The molecule has 0 aliphatic heterocycles. The molecule has 3 rings (SSSR count). The monoisotopic (exact) mass is 417 g/mol. The third kappa shape index (κ3) is 6.89. The van der Waals surface area contributed by atoms with Crippen molar-refractivity contribution in [3.63, 3.8) is 0 Å². The van der Waals surface area contributed by atoms with Gasteiger partial charge in [0.2, 0.25) is 11.8 Å². The zero-order valence-electron chi connectivity index (χ0n) is 17.7. The summed E-state index contributed by atoms with van der Waals surface area (Å²) in [4.78, 5) is 24.3. The van der Waals surface area contributed by atoms with E-state index in [0.717, 1.165) is 11.3 Å². The summed E-state index contributed by atoms with van der Waals surface area (Å²) in [6.45, 7) is 4.17. The molecule has 0 aromatic heterocycles. The molecule has 0 heterocycles. The summed E-state index contributed by atoms with van der Waals surface area (Å²) in [6, 6.07) is 24.5. The van der Waals surface area contributed by atoms with Crippen LogP contribution in [0.15, 0.2) is 78.9 Å². The van der Waals surface area contributed by atoms with E-state index in [0.29, 0.717) is 23.7 Å². The summed E-state index contributed by atoms with van der Waals surface area (Å²) in [5, 5.41) is 8.81. The van der Waals surface area contributed by atoms with Crippen molar-refractivity contribution in [2.45, 2.75) is 20.5 Å². The topological polar surface area (TPSA) is 79.5 Å². The predicted molar refractivity (Wildman–Crippen MR) is 124 cm³/mol. The second kappa shape index (κ2) is 10.8. The second-order valence-electron chi connectivity index (χ2n) is 7.40. The number of carbonyl (C=O) groups is 2. The first kappa shape index (κ1) is 21.9. The third-order valence-corrected chi connectivity index (χ3v) is 4.51. The molecule has 3 aromatic rings. The highest BCUT2D eigenvalue weighted by atomic mass is 16.5. The molecule has 0 aliphatic rings. The van der Waals surface area contributed by atoms with E-state index in [1.54, 1.807) is 12.1 Å². The van der Waals surface area contributed by atoms with Crippen LogP contribution in [0.4, 0.5) is 17.1 Å². The van der Waals surface area contributed by atoms with Gasteiger partial charge in [0, 0.05) is 17.3 Å². The van der Waals surface area contributed by atoms with Gasteiger partial charge in [-0.3, -0.25) is 9.59 Å². The molecule has 3 N–H and O–H groups in total. The fourth-order valence-corrected chi connectivity index (χ4v) is 2.80. The van der Waals surface area contributed by atoms with E-state index in [1.165, 1.54) is 0 Å². The standard InChI is InChI=1S/C25H27N3O3/c1-18(2)25(30)27-21-12-8-11-20(15-21)26-16-24(29)28-22-13-6-7-14-23(22)31-17-19-9-4-3-5-10-19/h3-15,18,26H,16-17H2,1-2H3,(H,27,30)(H,28,29). The Kier molecular flexibility index (Phi) is 7.65. The van der Waals surface area contributed by atoms with Crippen molar-refractivity contribution in [1.82, 2.24) is 0 Å². The normalized spacial score (nSPS) is 10.4. The van der Waals surface area contributed by atoms with Gasteiger partial charge in [0.25, 0.3) is 0 Å². The van der Waals surface area contributed by atoms with Gasteiger partial charge in [0.15, 0.2) is 0 Å². The minimum atomic E-state index is -0.201. The summed E-state index contributed by atoms with van der Waals surface area (Å²) >= 11 is 0. The number of hydrogen-bond donors (Lipinski definition) is 3.